The van der Waals surface area contributed by atoms with E-state index in [0.29, 0.717) is 17.3 Å². The maximum atomic E-state index is 12.1. The fourth-order valence-electron chi connectivity index (χ4n) is 1.97. The molecule has 1 amide bonds. The number of nitrogens with zero attached hydrogens (tertiary/aromatic N) is 1. The Morgan fingerprint density at radius 2 is 2.15 bits per heavy atom. The minimum atomic E-state index is -0.111. The Morgan fingerprint density at radius 1 is 1.45 bits per heavy atom. The maximum absolute atomic E-state index is 12.1. The van der Waals surface area contributed by atoms with Gasteiger partial charge < -0.3 is 4.74 Å². The van der Waals surface area contributed by atoms with Gasteiger partial charge in [-0.25, -0.2) is 0 Å². The predicted molar refractivity (Wildman–Crippen MR) is 85.8 cm³/mol. The summed E-state index contributed by atoms with van der Waals surface area (Å²) in [5.41, 5.74) is 1.09. The molecule has 0 radical (unpaired) electrons. The molecule has 1 atom stereocenters. The van der Waals surface area contributed by atoms with Crippen LogP contribution in [0.4, 0.5) is 0 Å². The van der Waals surface area contributed by atoms with E-state index in [-0.39, 0.29) is 17.8 Å². The first-order valence-corrected chi connectivity index (χ1v) is 7.61. The number of rotatable bonds is 5. The van der Waals surface area contributed by atoms with E-state index in [4.69, 9.17) is 23.4 Å². The molecule has 1 fully saturated rings. The molecule has 0 saturated carbocycles. The van der Waals surface area contributed by atoms with Crippen molar-refractivity contribution in [3.63, 3.8) is 0 Å². The van der Waals surface area contributed by atoms with E-state index in [1.54, 1.807) is 4.90 Å². The Kier molecular flexibility index (Phi) is 5.05. The Hall–Kier alpha value is -1.51. The van der Waals surface area contributed by atoms with Crippen molar-refractivity contribution < 1.29 is 9.53 Å². The van der Waals surface area contributed by atoms with Crippen LogP contribution >= 0.6 is 24.0 Å². The Balaban J connectivity index is 1.99. The molecule has 104 valence electrons. The van der Waals surface area contributed by atoms with Gasteiger partial charge in [0.05, 0.1) is 5.25 Å². The first-order valence-electron chi connectivity index (χ1n) is 6.33. The van der Waals surface area contributed by atoms with E-state index in [1.807, 2.05) is 31.2 Å². The lowest BCUT2D eigenvalue weighted by Crippen LogP contribution is -2.31. The lowest BCUT2D eigenvalue weighted by Gasteiger charge is -2.12. The molecular formula is C15H15NO2S2. The average Bonchev–Trinajstić information content (AvgIpc) is 2.72. The summed E-state index contributed by atoms with van der Waals surface area (Å²) in [6.45, 7) is 2.83. The van der Waals surface area contributed by atoms with Crippen LogP contribution in [0, 0.1) is 12.3 Å². The lowest BCUT2D eigenvalue weighted by atomic mass is 10.1. The highest BCUT2D eigenvalue weighted by Gasteiger charge is 2.35. The highest BCUT2D eigenvalue weighted by atomic mass is 32.2. The number of amides is 1. The van der Waals surface area contributed by atoms with E-state index >= 15 is 0 Å². The summed E-state index contributed by atoms with van der Waals surface area (Å²) >= 11 is 6.68. The number of thiocarbonyl (C=S) groups is 1. The number of hydrogen-bond donors (Lipinski definition) is 0. The summed E-state index contributed by atoms with van der Waals surface area (Å²) in [7, 11) is 0. The number of terminal acetylenes is 1. The van der Waals surface area contributed by atoms with Crippen LogP contribution in [-0.4, -0.2) is 33.5 Å². The van der Waals surface area contributed by atoms with Crippen molar-refractivity contribution in [2.24, 2.45) is 0 Å². The summed E-state index contributed by atoms with van der Waals surface area (Å²) in [5.74, 6) is 3.27. The Labute approximate surface area is 128 Å². The maximum Gasteiger partial charge on any atom is 0.241 e. The van der Waals surface area contributed by atoms with Crippen LogP contribution in [0.5, 0.6) is 5.75 Å². The highest BCUT2D eigenvalue weighted by Crippen LogP contribution is 2.29. The van der Waals surface area contributed by atoms with Crippen LogP contribution in [0.15, 0.2) is 24.3 Å². The molecule has 1 aromatic carbocycles. The third-order valence-corrected chi connectivity index (χ3v) is 4.57. The predicted octanol–water partition coefficient (Wildman–Crippen LogP) is 2.49. The summed E-state index contributed by atoms with van der Waals surface area (Å²) in [6, 6.07) is 7.65. The van der Waals surface area contributed by atoms with Gasteiger partial charge in [-0.2, -0.15) is 0 Å². The summed E-state index contributed by atoms with van der Waals surface area (Å²) in [5, 5.41) is -0.111. The van der Waals surface area contributed by atoms with Crippen molar-refractivity contribution in [1.82, 2.24) is 4.90 Å². The van der Waals surface area contributed by atoms with E-state index < -0.39 is 0 Å². The third kappa shape index (κ3) is 3.33. The molecule has 0 N–H and O–H groups in total. The minimum absolute atomic E-state index is 0.107. The molecule has 0 aliphatic carbocycles. The SMILES string of the molecule is C#CCOc1ccc(C[C@H]2SC(=S)N(CC)C2=O)cc1. The molecule has 1 aliphatic heterocycles. The van der Waals surface area contributed by atoms with Gasteiger partial charge in [-0.3, -0.25) is 9.69 Å². The fraction of sp³-hybridized carbons (Fsp3) is 0.333. The average molecular weight is 305 g/mol. The number of hydrogen-bond acceptors (Lipinski definition) is 4. The van der Waals surface area contributed by atoms with Gasteiger partial charge in [0.1, 0.15) is 16.7 Å². The first kappa shape index (κ1) is 14.9. The molecule has 0 aromatic heterocycles. The van der Waals surface area contributed by atoms with Crippen LogP contribution in [0.25, 0.3) is 0 Å². The molecule has 0 unspecified atom stereocenters. The van der Waals surface area contributed by atoms with E-state index in [9.17, 15) is 4.79 Å². The van der Waals surface area contributed by atoms with Crippen LogP contribution in [0.2, 0.25) is 0 Å². The zero-order valence-electron chi connectivity index (χ0n) is 11.2. The summed E-state index contributed by atoms with van der Waals surface area (Å²) in [4.78, 5) is 13.8. The molecule has 3 nitrogen and oxygen atoms in total. The topological polar surface area (TPSA) is 29.5 Å². The van der Waals surface area contributed by atoms with Crippen molar-refractivity contribution in [3.8, 4) is 18.1 Å². The molecule has 20 heavy (non-hydrogen) atoms. The van der Waals surface area contributed by atoms with Crippen LogP contribution in [0.3, 0.4) is 0 Å². The van der Waals surface area contributed by atoms with E-state index in [2.05, 4.69) is 5.92 Å². The first-order chi connectivity index (χ1) is 9.65. The molecule has 1 aromatic rings. The van der Waals surface area contributed by atoms with Crippen molar-refractivity contribution in [2.45, 2.75) is 18.6 Å². The molecule has 5 heteroatoms. The van der Waals surface area contributed by atoms with Crippen LogP contribution in [0.1, 0.15) is 12.5 Å². The molecule has 0 spiro atoms. The van der Waals surface area contributed by atoms with Gasteiger partial charge in [0.15, 0.2) is 0 Å². The zero-order chi connectivity index (χ0) is 14.5. The van der Waals surface area contributed by atoms with Crippen molar-refractivity contribution >= 4 is 34.2 Å². The number of benzene rings is 1. The van der Waals surface area contributed by atoms with Crippen molar-refractivity contribution in [2.75, 3.05) is 13.2 Å². The number of carbonyl (C=O) groups excluding carboxylic acids is 1. The van der Waals surface area contributed by atoms with Crippen molar-refractivity contribution in [3.05, 3.63) is 29.8 Å². The lowest BCUT2D eigenvalue weighted by molar-refractivity contribution is -0.125. The monoisotopic (exact) mass is 305 g/mol. The second-order valence-electron chi connectivity index (χ2n) is 4.30. The summed E-state index contributed by atoms with van der Waals surface area (Å²) < 4.78 is 5.99. The largest absolute Gasteiger partial charge is 0.481 e. The molecule has 0 bridgehead atoms. The molecule has 2 rings (SSSR count). The number of carbonyl (C=O) groups is 1. The minimum Gasteiger partial charge on any atom is -0.481 e. The third-order valence-electron chi connectivity index (χ3n) is 2.99. The second-order valence-corrected chi connectivity index (χ2v) is 6.13. The number of thioether (sulfide) groups is 1. The fourth-order valence-corrected chi connectivity index (χ4v) is 3.64. The second kappa shape index (κ2) is 6.78. The van der Waals surface area contributed by atoms with Gasteiger partial charge in [0.25, 0.3) is 0 Å². The molecule has 1 saturated heterocycles. The van der Waals surface area contributed by atoms with Crippen LogP contribution in [-0.2, 0) is 11.2 Å². The van der Waals surface area contributed by atoms with Gasteiger partial charge in [-0.05, 0) is 31.0 Å². The highest BCUT2D eigenvalue weighted by molar-refractivity contribution is 8.24. The Bertz CT molecular complexity index is 548. The Morgan fingerprint density at radius 3 is 2.70 bits per heavy atom. The number of ether oxygens (including phenoxy) is 1. The quantitative estimate of drug-likeness (QED) is 0.617. The zero-order valence-corrected chi connectivity index (χ0v) is 12.8. The molecule has 1 heterocycles. The smallest absolute Gasteiger partial charge is 0.241 e. The normalized spacial score (nSPS) is 18.2. The molecular weight excluding hydrogens is 290 g/mol. The van der Waals surface area contributed by atoms with Crippen molar-refractivity contribution in [1.29, 1.82) is 0 Å². The van der Waals surface area contributed by atoms with Gasteiger partial charge in [0.2, 0.25) is 5.91 Å². The molecule has 1 aliphatic rings. The van der Waals surface area contributed by atoms with Gasteiger partial charge >= 0.3 is 0 Å². The van der Waals surface area contributed by atoms with Gasteiger partial charge in [-0.15, -0.1) is 6.42 Å². The summed E-state index contributed by atoms with van der Waals surface area (Å²) in [6.07, 6.45) is 5.81. The van der Waals surface area contributed by atoms with E-state index in [1.165, 1.54) is 11.8 Å². The van der Waals surface area contributed by atoms with Crippen LogP contribution < -0.4 is 4.74 Å². The standard InChI is InChI=1S/C15H15NO2S2/c1-3-9-18-12-7-5-11(6-8-12)10-13-14(17)16(4-2)15(19)20-13/h1,5-8,13H,4,9-10H2,2H3/t13-/m1/s1. The van der Waals surface area contributed by atoms with E-state index in [0.717, 1.165) is 11.3 Å². The van der Waals surface area contributed by atoms with Gasteiger partial charge in [0, 0.05) is 6.54 Å². The van der Waals surface area contributed by atoms with Gasteiger partial charge in [-0.1, -0.05) is 42.0 Å².